The molecule has 1 aliphatic heterocycles. The topological polar surface area (TPSA) is 91.4 Å². The number of carbonyl (C=O) groups excluding carboxylic acids is 1. The Morgan fingerprint density at radius 2 is 2.05 bits per heavy atom. The molecule has 3 N–H and O–H groups in total. The van der Waals surface area contributed by atoms with Crippen LogP contribution in [-0.4, -0.2) is 28.9 Å². The predicted octanol–water partition coefficient (Wildman–Crippen LogP) is 1.03. The van der Waals surface area contributed by atoms with Crippen LogP contribution in [0.15, 0.2) is 24.5 Å². The lowest BCUT2D eigenvalue weighted by Crippen LogP contribution is -2.17. The smallest absolute Gasteiger partial charge is 0.258 e. The molecule has 0 saturated carbocycles. The Labute approximate surface area is 115 Å². The summed E-state index contributed by atoms with van der Waals surface area (Å²) in [6.07, 6.45) is 3.12. The molecule has 0 radical (unpaired) electrons. The first-order valence-corrected chi connectivity index (χ1v) is 6.12. The van der Waals surface area contributed by atoms with E-state index in [4.69, 9.17) is 15.2 Å². The molecule has 3 rings (SSSR count). The van der Waals surface area contributed by atoms with Crippen LogP contribution in [0.5, 0.6) is 11.5 Å². The molecule has 7 nitrogen and oxygen atoms in total. The van der Waals surface area contributed by atoms with Gasteiger partial charge in [0.05, 0.1) is 23.1 Å². The number of nitrogen functional groups attached to an aromatic ring is 1. The summed E-state index contributed by atoms with van der Waals surface area (Å²) in [7, 11) is 1.75. The van der Waals surface area contributed by atoms with Crippen LogP contribution in [0.1, 0.15) is 10.4 Å². The summed E-state index contributed by atoms with van der Waals surface area (Å²) in [4.78, 5) is 12.1. The van der Waals surface area contributed by atoms with Crippen LogP contribution in [0.3, 0.4) is 0 Å². The molecule has 1 aliphatic rings. The monoisotopic (exact) mass is 274 g/mol. The van der Waals surface area contributed by atoms with Crippen molar-refractivity contribution in [2.24, 2.45) is 7.05 Å². The van der Waals surface area contributed by atoms with Gasteiger partial charge in [0.25, 0.3) is 5.91 Å². The Morgan fingerprint density at radius 3 is 2.70 bits per heavy atom. The van der Waals surface area contributed by atoms with Gasteiger partial charge in [0.15, 0.2) is 11.5 Å². The average Bonchev–Trinajstić information content (AvgIpc) is 2.86. The molecule has 0 bridgehead atoms. The van der Waals surface area contributed by atoms with Gasteiger partial charge in [-0.15, -0.1) is 0 Å². The minimum Gasteiger partial charge on any atom is -0.486 e. The van der Waals surface area contributed by atoms with Gasteiger partial charge in [0.1, 0.15) is 13.2 Å². The van der Waals surface area contributed by atoms with Crippen molar-refractivity contribution in [1.29, 1.82) is 0 Å². The molecule has 2 aromatic rings. The van der Waals surface area contributed by atoms with E-state index >= 15 is 0 Å². The van der Waals surface area contributed by atoms with Crippen molar-refractivity contribution in [2.45, 2.75) is 0 Å². The van der Waals surface area contributed by atoms with Gasteiger partial charge in [-0.2, -0.15) is 5.10 Å². The standard InChI is InChI=1S/C13H14N4O3/c1-17-7-8(6-15-17)13(18)16-10-5-12-11(4-9(10)14)19-2-3-20-12/h4-7H,2-3,14H2,1H3,(H,16,18). The molecule has 2 heterocycles. The normalized spacial score (nSPS) is 13.1. The third kappa shape index (κ3) is 2.25. The summed E-state index contributed by atoms with van der Waals surface area (Å²) >= 11 is 0. The highest BCUT2D eigenvalue weighted by atomic mass is 16.6. The molecule has 0 aliphatic carbocycles. The van der Waals surface area contributed by atoms with E-state index < -0.39 is 0 Å². The van der Waals surface area contributed by atoms with Crippen molar-refractivity contribution in [3.8, 4) is 11.5 Å². The Bertz CT molecular complexity index is 666. The van der Waals surface area contributed by atoms with Crippen LogP contribution in [0.2, 0.25) is 0 Å². The molecule has 1 amide bonds. The molecule has 104 valence electrons. The highest BCUT2D eigenvalue weighted by molar-refractivity contribution is 6.05. The lowest BCUT2D eigenvalue weighted by Gasteiger charge is -2.20. The maximum Gasteiger partial charge on any atom is 0.258 e. The summed E-state index contributed by atoms with van der Waals surface area (Å²) in [6, 6.07) is 3.31. The number of fused-ring (bicyclic) bond motifs is 1. The first-order chi connectivity index (χ1) is 9.63. The van der Waals surface area contributed by atoms with Gasteiger partial charge in [0, 0.05) is 25.4 Å². The number of hydrogen-bond acceptors (Lipinski definition) is 5. The third-order valence-corrected chi connectivity index (χ3v) is 2.93. The summed E-state index contributed by atoms with van der Waals surface area (Å²) in [5, 5.41) is 6.69. The van der Waals surface area contributed by atoms with Crippen LogP contribution >= 0.6 is 0 Å². The number of aromatic nitrogens is 2. The van der Waals surface area contributed by atoms with E-state index in [1.807, 2.05) is 0 Å². The van der Waals surface area contributed by atoms with E-state index in [0.29, 0.717) is 41.7 Å². The molecule has 1 aromatic heterocycles. The fourth-order valence-corrected chi connectivity index (χ4v) is 1.95. The highest BCUT2D eigenvalue weighted by Gasteiger charge is 2.16. The van der Waals surface area contributed by atoms with E-state index in [2.05, 4.69) is 10.4 Å². The molecule has 0 saturated heterocycles. The highest BCUT2D eigenvalue weighted by Crippen LogP contribution is 2.37. The van der Waals surface area contributed by atoms with E-state index in [-0.39, 0.29) is 5.91 Å². The zero-order chi connectivity index (χ0) is 14.1. The lowest BCUT2D eigenvalue weighted by molar-refractivity contribution is 0.102. The van der Waals surface area contributed by atoms with Gasteiger partial charge >= 0.3 is 0 Å². The van der Waals surface area contributed by atoms with Gasteiger partial charge < -0.3 is 20.5 Å². The third-order valence-electron chi connectivity index (χ3n) is 2.93. The van der Waals surface area contributed by atoms with E-state index in [0.717, 1.165) is 0 Å². The number of nitrogens with two attached hydrogens (primary N) is 1. The Balaban J connectivity index is 1.85. The van der Waals surface area contributed by atoms with Gasteiger partial charge in [0.2, 0.25) is 0 Å². The number of rotatable bonds is 2. The number of nitrogens with zero attached hydrogens (tertiary/aromatic N) is 2. The van der Waals surface area contributed by atoms with Gasteiger partial charge in [-0.05, 0) is 0 Å². The second-order valence-electron chi connectivity index (χ2n) is 4.44. The molecule has 1 aromatic carbocycles. The minimum absolute atomic E-state index is 0.276. The number of carbonyl (C=O) groups is 1. The minimum atomic E-state index is -0.276. The molecule has 0 unspecified atom stereocenters. The van der Waals surface area contributed by atoms with Crippen molar-refractivity contribution >= 4 is 17.3 Å². The number of aryl methyl sites for hydroxylation is 1. The van der Waals surface area contributed by atoms with E-state index in [1.54, 1.807) is 30.1 Å². The van der Waals surface area contributed by atoms with Crippen LogP contribution in [0, 0.1) is 0 Å². The molecule has 20 heavy (non-hydrogen) atoms. The number of ether oxygens (including phenoxy) is 2. The summed E-state index contributed by atoms with van der Waals surface area (Å²) in [5.74, 6) is 0.890. The second kappa shape index (κ2) is 4.76. The van der Waals surface area contributed by atoms with E-state index in [1.165, 1.54) is 6.20 Å². The van der Waals surface area contributed by atoms with Gasteiger partial charge in [-0.25, -0.2) is 0 Å². The number of hydrogen-bond donors (Lipinski definition) is 2. The lowest BCUT2D eigenvalue weighted by atomic mass is 10.2. The van der Waals surface area contributed by atoms with Gasteiger partial charge in [-0.1, -0.05) is 0 Å². The van der Waals surface area contributed by atoms with Crippen LogP contribution < -0.4 is 20.5 Å². The molecule has 7 heteroatoms. The summed E-state index contributed by atoms with van der Waals surface area (Å²) in [6.45, 7) is 0.973. The van der Waals surface area contributed by atoms with Crippen LogP contribution in [0.4, 0.5) is 11.4 Å². The summed E-state index contributed by atoms with van der Waals surface area (Å²) in [5.41, 5.74) is 7.28. The zero-order valence-corrected chi connectivity index (χ0v) is 10.9. The van der Waals surface area contributed by atoms with E-state index in [9.17, 15) is 4.79 Å². The first kappa shape index (κ1) is 12.3. The Morgan fingerprint density at radius 1 is 1.35 bits per heavy atom. The second-order valence-corrected chi connectivity index (χ2v) is 4.44. The van der Waals surface area contributed by atoms with Crippen molar-refractivity contribution < 1.29 is 14.3 Å². The quantitative estimate of drug-likeness (QED) is 0.798. The molecule has 0 spiro atoms. The Hall–Kier alpha value is -2.70. The van der Waals surface area contributed by atoms with Gasteiger partial charge in [-0.3, -0.25) is 9.48 Å². The van der Waals surface area contributed by atoms with Crippen LogP contribution in [-0.2, 0) is 7.05 Å². The van der Waals surface area contributed by atoms with Crippen molar-refractivity contribution in [1.82, 2.24) is 9.78 Å². The predicted molar refractivity (Wildman–Crippen MR) is 73.0 cm³/mol. The van der Waals surface area contributed by atoms with Crippen molar-refractivity contribution in [3.05, 3.63) is 30.1 Å². The van der Waals surface area contributed by atoms with Crippen molar-refractivity contribution in [3.63, 3.8) is 0 Å². The van der Waals surface area contributed by atoms with Crippen LogP contribution in [0.25, 0.3) is 0 Å². The maximum atomic E-state index is 12.1. The molecule has 0 atom stereocenters. The maximum absolute atomic E-state index is 12.1. The Kier molecular flexibility index (Phi) is 2.94. The van der Waals surface area contributed by atoms with Crippen molar-refractivity contribution in [2.75, 3.05) is 24.3 Å². The molecular weight excluding hydrogens is 260 g/mol. The number of amides is 1. The first-order valence-electron chi connectivity index (χ1n) is 6.12. The zero-order valence-electron chi connectivity index (χ0n) is 10.9. The largest absolute Gasteiger partial charge is 0.486 e. The fourth-order valence-electron chi connectivity index (χ4n) is 1.95. The number of benzene rings is 1. The SMILES string of the molecule is Cn1cc(C(=O)Nc2cc3c(cc2N)OCCO3)cn1. The molecular formula is C13H14N4O3. The number of anilines is 2. The number of nitrogens with one attached hydrogen (secondary N) is 1. The molecule has 0 fully saturated rings. The summed E-state index contributed by atoms with van der Waals surface area (Å²) < 4.78 is 12.4. The average molecular weight is 274 g/mol. The fraction of sp³-hybridized carbons (Fsp3) is 0.231.